The van der Waals surface area contributed by atoms with Gasteiger partial charge in [0.25, 0.3) is 5.91 Å². The quantitative estimate of drug-likeness (QED) is 0.406. The van der Waals surface area contributed by atoms with E-state index in [0.717, 1.165) is 27.8 Å². The second-order valence-electron chi connectivity index (χ2n) is 7.30. The molecule has 0 fully saturated rings. The molecule has 0 bridgehead atoms. The molecule has 3 heterocycles. The molecule has 0 atom stereocenters. The molecule has 144 valence electrons. The third-order valence-electron chi connectivity index (χ3n) is 5.40. The van der Waals surface area contributed by atoms with E-state index in [-0.39, 0.29) is 5.91 Å². The van der Waals surface area contributed by atoms with Gasteiger partial charge in [-0.05, 0) is 59.0 Å². The van der Waals surface area contributed by atoms with Crippen LogP contribution in [0.1, 0.15) is 21.5 Å². The number of carbonyl (C=O) groups is 1. The van der Waals surface area contributed by atoms with Crippen molar-refractivity contribution in [3.63, 3.8) is 0 Å². The fourth-order valence-corrected chi connectivity index (χ4v) is 5.01. The van der Waals surface area contributed by atoms with Crippen molar-refractivity contribution in [2.45, 2.75) is 6.54 Å². The van der Waals surface area contributed by atoms with Crippen LogP contribution in [0, 0.1) is 0 Å². The molecule has 2 aromatic heterocycles. The molecule has 0 saturated heterocycles. The Kier molecular flexibility index (Phi) is 3.79. The molecule has 6 heteroatoms. The van der Waals surface area contributed by atoms with Crippen LogP contribution in [0.15, 0.2) is 72.0 Å². The number of nitrogens with zero attached hydrogens (tertiary/aromatic N) is 2. The van der Waals surface area contributed by atoms with Gasteiger partial charge in [-0.15, -0.1) is 11.3 Å². The minimum absolute atomic E-state index is 0.149. The predicted molar refractivity (Wildman–Crippen MR) is 123 cm³/mol. The summed E-state index contributed by atoms with van der Waals surface area (Å²) in [5.74, 6) is -0.149. The Morgan fingerprint density at radius 2 is 2.00 bits per heavy atom. The highest BCUT2D eigenvalue weighted by atomic mass is 32.1. The molecule has 1 aliphatic heterocycles. The number of hydrogen-bond acceptors (Lipinski definition) is 4. The third-order valence-corrected chi connectivity index (χ3v) is 6.54. The van der Waals surface area contributed by atoms with Gasteiger partial charge in [0, 0.05) is 32.6 Å². The van der Waals surface area contributed by atoms with Crippen molar-refractivity contribution < 1.29 is 4.79 Å². The van der Waals surface area contributed by atoms with E-state index >= 15 is 0 Å². The summed E-state index contributed by atoms with van der Waals surface area (Å²) in [5.41, 5.74) is 6.43. The Morgan fingerprint density at radius 1 is 1.07 bits per heavy atom. The Hall–Kier alpha value is -3.77. The highest BCUT2D eigenvalue weighted by molar-refractivity contribution is 7.22. The van der Waals surface area contributed by atoms with Crippen LogP contribution in [-0.2, 0) is 6.54 Å². The van der Waals surface area contributed by atoms with E-state index in [2.05, 4.69) is 56.7 Å². The molecule has 0 radical (unpaired) electrons. The number of benzene rings is 3. The van der Waals surface area contributed by atoms with E-state index in [1.165, 1.54) is 20.5 Å². The Morgan fingerprint density at radius 3 is 2.93 bits per heavy atom. The first-order valence-electron chi connectivity index (χ1n) is 9.65. The number of carbonyl (C=O) groups excluding carboxylic acids is 1. The largest absolute Gasteiger partial charge is 0.345 e. The van der Waals surface area contributed by atoms with Crippen molar-refractivity contribution in [1.82, 2.24) is 9.97 Å². The second kappa shape index (κ2) is 6.64. The van der Waals surface area contributed by atoms with Crippen LogP contribution < -0.4 is 5.32 Å². The van der Waals surface area contributed by atoms with Gasteiger partial charge in [0.2, 0.25) is 0 Å². The lowest BCUT2D eigenvalue weighted by Gasteiger charge is -2.11. The van der Waals surface area contributed by atoms with Crippen molar-refractivity contribution in [2.24, 2.45) is 4.99 Å². The lowest BCUT2D eigenvalue weighted by atomic mass is 10.00. The number of hydrogen-bond donors (Lipinski definition) is 2. The van der Waals surface area contributed by atoms with Gasteiger partial charge in [0.05, 0.1) is 23.9 Å². The van der Waals surface area contributed by atoms with Gasteiger partial charge < -0.3 is 10.3 Å². The number of anilines is 1. The Bertz CT molecular complexity index is 1440. The fourth-order valence-electron chi connectivity index (χ4n) is 3.91. The number of fused-ring (bicyclic) bond motifs is 3. The third kappa shape index (κ3) is 2.81. The summed E-state index contributed by atoms with van der Waals surface area (Å²) in [4.78, 5) is 25.8. The first-order valence-corrected chi connectivity index (χ1v) is 10.5. The second-order valence-corrected chi connectivity index (χ2v) is 8.38. The number of aliphatic imine (C=N–C) groups is 1. The maximum Gasteiger partial charge on any atom is 0.255 e. The van der Waals surface area contributed by atoms with Crippen molar-refractivity contribution >= 4 is 50.3 Å². The SMILES string of the molecule is O=C(Nc1cc2c(c(-c3cc4ccccc4s3)c1)CN=C2)c1ccc2nc[nH]c2c1. The van der Waals surface area contributed by atoms with Crippen LogP contribution in [0.3, 0.4) is 0 Å². The van der Waals surface area contributed by atoms with Crippen molar-refractivity contribution in [3.05, 3.63) is 83.7 Å². The van der Waals surface area contributed by atoms with Gasteiger partial charge in [0.1, 0.15) is 0 Å². The first-order chi connectivity index (χ1) is 14.7. The smallest absolute Gasteiger partial charge is 0.255 e. The summed E-state index contributed by atoms with van der Waals surface area (Å²) < 4.78 is 1.25. The van der Waals surface area contributed by atoms with Crippen LogP contribution >= 0.6 is 11.3 Å². The summed E-state index contributed by atoms with van der Waals surface area (Å²) >= 11 is 1.76. The predicted octanol–water partition coefficient (Wildman–Crippen LogP) is 5.63. The molecule has 1 aliphatic rings. The van der Waals surface area contributed by atoms with E-state index in [4.69, 9.17) is 0 Å². The van der Waals surface area contributed by atoms with E-state index in [1.807, 2.05) is 24.4 Å². The minimum atomic E-state index is -0.149. The van der Waals surface area contributed by atoms with Gasteiger partial charge in [-0.2, -0.15) is 0 Å². The van der Waals surface area contributed by atoms with Gasteiger partial charge in [0.15, 0.2) is 0 Å². The van der Waals surface area contributed by atoms with E-state index in [9.17, 15) is 4.79 Å². The van der Waals surface area contributed by atoms with E-state index in [0.29, 0.717) is 12.1 Å². The average Bonchev–Trinajstić information content (AvgIpc) is 3.50. The number of nitrogens with one attached hydrogen (secondary N) is 2. The van der Waals surface area contributed by atoms with Crippen molar-refractivity contribution in [2.75, 3.05) is 5.32 Å². The number of imidazole rings is 1. The van der Waals surface area contributed by atoms with Crippen molar-refractivity contribution in [3.8, 4) is 10.4 Å². The molecule has 0 saturated carbocycles. The average molecular weight is 408 g/mol. The maximum atomic E-state index is 12.9. The molecule has 5 nitrogen and oxygen atoms in total. The molecule has 3 aromatic carbocycles. The topological polar surface area (TPSA) is 70.1 Å². The van der Waals surface area contributed by atoms with Gasteiger partial charge in [-0.3, -0.25) is 9.79 Å². The summed E-state index contributed by atoms with van der Waals surface area (Å²) in [5, 5.41) is 4.29. The summed E-state index contributed by atoms with van der Waals surface area (Å²) in [6, 6.07) is 20.1. The van der Waals surface area contributed by atoms with Gasteiger partial charge >= 0.3 is 0 Å². The standard InChI is InChI=1S/C24H16N4OS/c29-24(15-5-6-20-21(8-15)27-13-26-20)28-17-7-16-11-25-12-19(16)18(10-17)23-9-14-3-1-2-4-22(14)30-23/h1-11,13H,12H2,(H,26,27)(H,28,29). The zero-order valence-corrected chi connectivity index (χ0v) is 16.7. The summed E-state index contributed by atoms with van der Waals surface area (Å²) in [6.07, 6.45) is 3.52. The van der Waals surface area contributed by atoms with Gasteiger partial charge in [-0.1, -0.05) is 18.2 Å². The number of aromatic amines is 1. The summed E-state index contributed by atoms with van der Waals surface area (Å²) in [6.45, 7) is 0.670. The molecule has 1 amide bonds. The zero-order chi connectivity index (χ0) is 20.1. The van der Waals surface area contributed by atoms with Crippen molar-refractivity contribution in [1.29, 1.82) is 0 Å². The molecular weight excluding hydrogens is 392 g/mol. The Balaban J connectivity index is 1.39. The van der Waals surface area contributed by atoms with Crippen LogP contribution in [0.5, 0.6) is 0 Å². The van der Waals surface area contributed by atoms with Gasteiger partial charge in [-0.25, -0.2) is 4.98 Å². The Labute approximate surface area is 176 Å². The molecule has 6 rings (SSSR count). The van der Waals surface area contributed by atoms with Crippen LogP contribution in [0.2, 0.25) is 0 Å². The fraction of sp³-hybridized carbons (Fsp3) is 0.0417. The van der Waals surface area contributed by atoms with Crippen LogP contribution in [0.25, 0.3) is 31.6 Å². The molecule has 5 aromatic rings. The number of rotatable bonds is 3. The number of aromatic nitrogens is 2. The molecular formula is C24H16N4OS. The highest BCUT2D eigenvalue weighted by Gasteiger charge is 2.18. The maximum absolute atomic E-state index is 12.9. The number of amides is 1. The van der Waals surface area contributed by atoms with Crippen LogP contribution in [-0.4, -0.2) is 22.1 Å². The first kappa shape index (κ1) is 17.1. The lowest BCUT2D eigenvalue weighted by Crippen LogP contribution is -2.12. The zero-order valence-electron chi connectivity index (χ0n) is 15.8. The molecule has 2 N–H and O–H groups in total. The normalized spacial score (nSPS) is 12.5. The van der Waals surface area contributed by atoms with Crippen LogP contribution in [0.4, 0.5) is 5.69 Å². The summed E-state index contributed by atoms with van der Waals surface area (Å²) in [7, 11) is 0. The number of H-pyrrole nitrogens is 1. The van der Waals surface area contributed by atoms with E-state index < -0.39 is 0 Å². The molecule has 30 heavy (non-hydrogen) atoms. The monoisotopic (exact) mass is 408 g/mol. The molecule has 0 aliphatic carbocycles. The lowest BCUT2D eigenvalue weighted by molar-refractivity contribution is 0.102. The number of thiophene rings is 1. The van der Waals surface area contributed by atoms with E-state index in [1.54, 1.807) is 23.7 Å². The molecule has 0 spiro atoms. The highest BCUT2D eigenvalue weighted by Crippen LogP contribution is 2.39. The molecule has 0 unspecified atom stereocenters. The minimum Gasteiger partial charge on any atom is -0.345 e.